The highest BCUT2D eigenvalue weighted by Gasteiger charge is 2.24. The molecular formula is C24H21N3O5. The number of nitrogens with zero attached hydrogens (tertiary/aromatic N) is 2. The van der Waals surface area contributed by atoms with Crippen molar-refractivity contribution in [2.75, 3.05) is 6.61 Å². The van der Waals surface area contributed by atoms with Crippen molar-refractivity contribution in [2.24, 2.45) is 0 Å². The van der Waals surface area contributed by atoms with Gasteiger partial charge in [0, 0.05) is 29.7 Å². The molecule has 0 bridgehead atoms. The first-order valence-electron chi connectivity index (χ1n) is 10.3. The Hall–Kier alpha value is -4.07. The molecule has 5 rings (SSSR count). The summed E-state index contributed by atoms with van der Waals surface area (Å²) in [7, 11) is 0. The third-order valence-corrected chi connectivity index (χ3v) is 5.47. The third kappa shape index (κ3) is 3.82. The van der Waals surface area contributed by atoms with Crippen molar-refractivity contribution in [3.63, 3.8) is 0 Å². The molecule has 0 unspecified atom stereocenters. The lowest BCUT2D eigenvalue weighted by Gasteiger charge is -2.16. The number of fused-ring (bicyclic) bond motifs is 1. The van der Waals surface area contributed by atoms with E-state index in [9.17, 15) is 9.90 Å². The molecule has 0 fully saturated rings. The molecule has 0 saturated carbocycles. The van der Waals surface area contributed by atoms with Crippen LogP contribution in [0.5, 0.6) is 17.2 Å². The lowest BCUT2D eigenvalue weighted by molar-refractivity contribution is 0.264. The molecular weight excluding hydrogens is 410 g/mol. The van der Waals surface area contributed by atoms with E-state index >= 15 is 0 Å². The van der Waals surface area contributed by atoms with Gasteiger partial charge in [0.05, 0.1) is 6.61 Å². The van der Waals surface area contributed by atoms with Crippen molar-refractivity contribution < 1.29 is 19.1 Å². The summed E-state index contributed by atoms with van der Waals surface area (Å²) in [6.45, 7) is 2.67. The van der Waals surface area contributed by atoms with Crippen LogP contribution in [0.1, 0.15) is 28.2 Å². The first-order valence-corrected chi connectivity index (χ1v) is 10.3. The zero-order chi connectivity index (χ0) is 22.1. The molecule has 0 spiro atoms. The van der Waals surface area contributed by atoms with Crippen LogP contribution in [0, 0.1) is 6.92 Å². The van der Waals surface area contributed by atoms with Crippen LogP contribution < -0.4 is 15.2 Å². The SMILES string of the molecule is Cc1cc(OCc2noc(=O)[nH]2)c2c(c1Cc1ccc(O)c(-c3ccccc3)n1)CCO2. The van der Waals surface area contributed by atoms with E-state index in [1.807, 2.05) is 49.4 Å². The van der Waals surface area contributed by atoms with Gasteiger partial charge in [-0.05, 0) is 36.2 Å². The van der Waals surface area contributed by atoms with Crippen molar-refractivity contribution in [1.82, 2.24) is 15.1 Å². The Kier molecular flexibility index (Phi) is 5.10. The summed E-state index contributed by atoms with van der Waals surface area (Å²) in [4.78, 5) is 18.3. The number of aromatic hydroxyl groups is 1. The van der Waals surface area contributed by atoms with E-state index < -0.39 is 5.76 Å². The number of ether oxygens (including phenoxy) is 2. The minimum absolute atomic E-state index is 0.0697. The molecule has 32 heavy (non-hydrogen) atoms. The normalized spacial score (nSPS) is 12.4. The molecule has 2 N–H and O–H groups in total. The van der Waals surface area contributed by atoms with Crippen LogP contribution in [0.4, 0.5) is 0 Å². The quantitative estimate of drug-likeness (QED) is 0.480. The predicted octanol–water partition coefficient (Wildman–Crippen LogP) is 3.54. The third-order valence-electron chi connectivity index (χ3n) is 5.47. The van der Waals surface area contributed by atoms with Gasteiger partial charge in [0.25, 0.3) is 0 Å². The number of pyridine rings is 1. The van der Waals surface area contributed by atoms with Gasteiger partial charge in [-0.2, -0.15) is 0 Å². The molecule has 8 nitrogen and oxygen atoms in total. The van der Waals surface area contributed by atoms with Crippen LogP contribution >= 0.6 is 0 Å². The first-order chi connectivity index (χ1) is 15.6. The smallest absolute Gasteiger partial charge is 0.439 e. The molecule has 0 aliphatic carbocycles. The summed E-state index contributed by atoms with van der Waals surface area (Å²) < 4.78 is 16.2. The van der Waals surface area contributed by atoms with Crippen LogP contribution in [0.2, 0.25) is 0 Å². The molecule has 3 heterocycles. The Bertz CT molecular complexity index is 1330. The second kappa shape index (κ2) is 8.22. The Morgan fingerprint density at radius 2 is 2.03 bits per heavy atom. The first kappa shape index (κ1) is 19.9. The minimum Gasteiger partial charge on any atom is -0.506 e. The maximum absolute atomic E-state index is 11.1. The average molecular weight is 431 g/mol. The highest BCUT2D eigenvalue weighted by Crippen LogP contribution is 2.41. The number of hydrogen-bond acceptors (Lipinski definition) is 7. The Morgan fingerprint density at radius 1 is 1.19 bits per heavy atom. The molecule has 8 heteroatoms. The molecule has 0 amide bonds. The molecule has 0 atom stereocenters. The molecule has 2 aromatic carbocycles. The lowest BCUT2D eigenvalue weighted by atomic mass is 9.95. The zero-order valence-electron chi connectivity index (χ0n) is 17.4. The number of rotatable bonds is 6. The number of aromatic nitrogens is 3. The van der Waals surface area contributed by atoms with Gasteiger partial charge >= 0.3 is 5.76 Å². The van der Waals surface area contributed by atoms with E-state index in [-0.39, 0.29) is 12.4 Å². The van der Waals surface area contributed by atoms with Crippen molar-refractivity contribution in [1.29, 1.82) is 0 Å². The second-order valence-electron chi connectivity index (χ2n) is 7.62. The van der Waals surface area contributed by atoms with E-state index in [4.69, 9.17) is 14.5 Å². The largest absolute Gasteiger partial charge is 0.506 e. The van der Waals surface area contributed by atoms with Gasteiger partial charge in [-0.1, -0.05) is 35.5 Å². The summed E-state index contributed by atoms with van der Waals surface area (Å²) in [5.41, 5.74) is 5.56. The number of nitrogens with one attached hydrogen (secondary N) is 1. The van der Waals surface area contributed by atoms with Gasteiger partial charge < -0.3 is 14.6 Å². The standard InChI is InChI=1S/C24H21N3O5/c1-14-11-20(31-13-21-26-24(29)32-27-21)23-17(9-10-30-23)18(14)12-16-7-8-19(28)22(25-16)15-5-3-2-4-6-15/h2-8,11,28H,9-10,12-13H2,1H3,(H,26,27,29). The van der Waals surface area contributed by atoms with Gasteiger partial charge in [0.2, 0.25) is 0 Å². The maximum Gasteiger partial charge on any atom is 0.439 e. The van der Waals surface area contributed by atoms with Gasteiger partial charge in [-0.3, -0.25) is 9.51 Å². The van der Waals surface area contributed by atoms with E-state index in [1.54, 1.807) is 6.07 Å². The summed E-state index contributed by atoms with van der Waals surface area (Å²) in [5, 5.41) is 13.9. The maximum atomic E-state index is 11.1. The average Bonchev–Trinajstić information content (AvgIpc) is 3.45. The second-order valence-corrected chi connectivity index (χ2v) is 7.62. The summed E-state index contributed by atoms with van der Waals surface area (Å²) in [5.74, 6) is 1.16. The molecule has 1 aliphatic rings. The zero-order valence-corrected chi connectivity index (χ0v) is 17.4. The summed E-state index contributed by atoms with van der Waals surface area (Å²) in [6, 6.07) is 15.1. The van der Waals surface area contributed by atoms with Crippen LogP contribution in [0.15, 0.2) is 57.8 Å². The highest BCUT2D eigenvalue weighted by molar-refractivity contribution is 5.66. The van der Waals surface area contributed by atoms with Gasteiger partial charge in [0.15, 0.2) is 17.3 Å². The molecule has 0 saturated heterocycles. The van der Waals surface area contributed by atoms with Crippen molar-refractivity contribution in [2.45, 2.75) is 26.4 Å². The van der Waals surface area contributed by atoms with Crippen LogP contribution in [-0.4, -0.2) is 26.8 Å². The van der Waals surface area contributed by atoms with Crippen LogP contribution in [0.3, 0.4) is 0 Å². The Balaban J connectivity index is 1.45. The van der Waals surface area contributed by atoms with Crippen LogP contribution in [0.25, 0.3) is 11.3 Å². The van der Waals surface area contributed by atoms with E-state index in [0.717, 1.165) is 34.4 Å². The predicted molar refractivity (Wildman–Crippen MR) is 116 cm³/mol. The molecule has 162 valence electrons. The number of H-pyrrole nitrogens is 1. The lowest BCUT2D eigenvalue weighted by Crippen LogP contribution is -2.04. The van der Waals surface area contributed by atoms with Crippen LogP contribution in [-0.2, 0) is 19.4 Å². The van der Waals surface area contributed by atoms with Crippen molar-refractivity contribution in [3.05, 3.63) is 87.3 Å². The minimum atomic E-state index is -0.618. The number of aryl methyl sites for hydroxylation is 1. The van der Waals surface area contributed by atoms with E-state index in [2.05, 4.69) is 14.7 Å². The topological polar surface area (TPSA) is 110 Å². The van der Waals surface area contributed by atoms with Crippen molar-refractivity contribution in [3.8, 4) is 28.5 Å². The van der Waals surface area contributed by atoms with E-state index in [1.165, 1.54) is 0 Å². The molecule has 1 aliphatic heterocycles. The van der Waals surface area contributed by atoms with Gasteiger partial charge in [-0.25, -0.2) is 9.78 Å². The fraction of sp³-hybridized carbons (Fsp3) is 0.208. The Labute approximate surface area is 183 Å². The summed E-state index contributed by atoms with van der Waals surface area (Å²) >= 11 is 0. The van der Waals surface area contributed by atoms with Gasteiger partial charge in [0.1, 0.15) is 18.1 Å². The fourth-order valence-electron chi connectivity index (χ4n) is 3.95. The number of aromatic amines is 1. The summed E-state index contributed by atoms with van der Waals surface area (Å²) in [6.07, 6.45) is 1.38. The van der Waals surface area contributed by atoms with Gasteiger partial charge in [-0.15, -0.1) is 0 Å². The molecule has 0 radical (unpaired) electrons. The fourth-order valence-corrected chi connectivity index (χ4v) is 3.95. The van der Waals surface area contributed by atoms with Crippen molar-refractivity contribution >= 4 is 0 Å². The number of hydrogen-bond donors (Lipinski definition) is 2. The Morgan fingerprint density at radius 3 is 2.81 bits per heavy atom. The molecule has 2 aromatic heterocycles. The molecule has 4 aromatic rings. The monoisotopic (exact) mass is 431 g/mol. The van der Waals surface area contributed by atoms with E-state index in [0.29, 0.717) is 36.0 Å². The highest BCUT2D eigenvalue weighted by atomic mass is 16.5. The number of benzene rings is 2.